The fraction of sp³-hybridized carbons (Fsp3) is 0.364. The van der Waals surface area contributed by atoms with Crippen LogP contribution in [0.2, 0.25) is 0 Å². The highest BCUT2D eigenvalue weighted by Gasteiger charge is 2.14. The highest BCUT2D eigenvalue weighted by molar-refractivity contribution is 8.10. The number of benzene rings is 1. The third kappa shape index (κ3) is 3.81. The van der Waals surface area contributed by atoms with Gasteiger partial charge in [0.25, 0.3) is 0 Å². The van der Waals surface area contributed by atoms with Crippen LogP contribution in [-0.2, 0) is 6.42 Å². The van der Waals surface area contributed by atoms with Crippen LogP contribution in [0.5, 0.6) is 0 Å². The molecule has 0 radical (unpaired) electrons. The highest BCUT2D eigenvalue weighted by Crippen LogP contribution is 2.09. The van der Waals surface area contributed by atoms with E-state index in [0.717, 1.165) is 6.42 Å². The zero-order chi connectivity index (χ0) is 11.3. The fourth-order valence-corrected chi connectivity index (χ4v) is 1.68. The van der Waals surface area contributed by atoms with Crippen molar-refractivity contribution in [2.24, 2.45) is 0 Å². The lowest BCUT2D eigenvalue weighted by Crippen LogP contribution is -2.38. The highest BCUT2D eigenvalue weighted by atomic mass is 32.1. The molecule has 82 valence electrons. The topological polar surface area (TPSA) is 23.5 Å². The molecule has 0 heterocycles. The van der Waals surface area contributed by atoms with Gasteiger partial charge < -0.3 is 10.0 Å². The van der Waals surface area contributed by atoms with Crippen molar-refractivity contribution in [3.05, 3.63) is 35.9 Å². The Kier molecular flexibility index (Phi) is 5.08. The van der Waals surface area contributed by atoms with Crippen LogP contribution in [0.1, 0.15) is 5.56 Å². The van der Waals surface area contributed by atoms with E-state index in [-0.39, 0.29) is 12.6 Å². The Hall–Kier alpha value is -0.580. The van der Waals surface area contributed by atoms with Gasteiger partial charge in [-0.3, -0.25) is 0 Å². The molecule has 0 aliphatic heterocycles. The van der Waals surface area contributed by atoms with E-state index in [1.54, 1.807) is 0 Å². The molecule has 0 amide bonds. The maximum Gasteiger partial charge on any atom is 0.133 e. The molecule has 1 N–H and O–H groups in total. The first-order valence-corrected chi connectivity index (χ1v) is 5.61. The Morgan fingerprint density at radius 2 is 2.07 bits per heavy atom. The van der Waals surface area contributed by atoms with Gasteiger partial charge in [0, 0.05) is 7.05 Å². The average Bonchev–Trinajstić information content (AvgIpc) is 2.26. The molecule has 1 atom stereocenters. The van der Waals surface area contributed by atoms with Crippen LogP contribution >= 0.6 is 24.8 Å². The van der Waals surface area contributed by atoms with E-state index in [2.05, 4.69) is 12.6 Å². The number of nitrogens with zero attached hydrogens (tertiary/aromatic N) is 1. The first kappa shape index (κ1) is 12.5. The van der Waals surface area contributed by atoms with Crippen LogP contribution in [0.25, 0.3) is 0 Å². The summed E-state index contributed by atoms with van der Waals surface area (Å²) in [5.74, 6) is 0. The Balaban J connectivity index is 2.66. The third-order valence-corrected chi connectivity index (χ3v) is 2.98. The van der Waals surface area contributed by atoms with E-state index in [0.29, 0.717) is 4.32 Å². The van der Waals surface area contributed by atoms with Gasteiger partial charge >= 0.3 is 0 Å². The number of aliphatic hydroxyl groups is 1. The Labute approximate surface area is 101 Å². The van der Waals surface area contributed by atoms with Crippen molar-refractivity contribution in [1.29, 1.82) is 0 Å². The summed E-state index contributed by atoms with van der Waals surface area (Å²) in [6, 6.07) is 10.0. The van der Waals surface area contributed by atoms with Crippen molar-refractivity contribution in [2.45, 2.75) is 12.5 Å². The van der Waals surface area contributed by atoms with Gasteiger partial charge in [-0.2, -0.15) is 0 Å². The van der Waals surface area contributed by atoms with E-state index in [1.807, 2.05) is 42.3 Å². The summed E-state index contributed by atoms with van der Waals surface area (Å²) in [6.45, 7) is 0.0755. The number of hydrogen-bond acceptors (Lipinski definition) is 2. The molecular formula is C11H15NOS2. The summed E-state index contributed by atoms with van der Waals surface area (Å²) >= 11 is 9.05. The Morgan fingerprint density at radius 3 is 2.53 bits per heavy atom. The maximum atomic E-state index is 9.27. The van der Waals surface area contributed by atoms with Crippen molar-refractivity contribution in [2.75, 3.05) is 13.7 Å². The summed E-state index contributed by atoms with van der Waals surface area (Å²) in [7, 11) is 1.85. The molecule has 1 aromatic rings. The molecule has 0 unspecified atom stereocenters. The van der Waals surface area contributed by atoms with Crippen LogP contribution in [0.4, 0.5) is 0 Å². The molecule has 0 saturated carbocycles. The molecule has 0 spiro atoms. The molecule has 15 heavy (non-hydrogen) atoms. The first-order valence-electron chi connectivity index (χ1n) is 4.75. The lowest BCUT2D eigenvalue weighted by Gasteiger charge is -2.26. The minimum atomic E-state index is -0.00241. The van der Waals surface area contributed by atoms with E-state index in [4.69, 9.17) is 12.2 Å². The molecule has 0 fully saturated rings. The molecule has 0 aromatic heterocycles. The van der Waals surface area contributed by atoms with Gasteiger partial charge in [0.05, 0.1) is 12.6 Å². The first-order chi connectivity index (χ1) is 7.15. The van der Waals surface area contributed by atoms with E-state index >= 15 is 0 Å². The summed E-state index contributed by atoms with van der Waals surface area (Å²) in [4.78, 5) is 1.81. The number of thiocarbonyl (C=S) groups is 1. The van der Waals surface area contributed by atoms with Crippen LogP contribution in [0.15, 0.2) is 30.3 Å². The number of aliphatic hydroxyl groups excluding tert-OH is 1. The summed E-state index contributed by atoms with van der Waals surface area (Å²) < 4.78 is 0.505. The second kappa shape index (κ2) is 6.10. The van der Waals surface area contributed by atoms with Crippen LogP contribution in [0, 0.1) is 0 Å². The second-order valence-electron chi connectivity index (χ2n) is 3.42. The fourth-order valence-electron chi connectivity index (χ4n) is 1.37. The smallest absolute Gasteiger partial charge is 0.133 e. The number of thiol groups is 1. The van der Waals surface area contributed by atoms with Crippen LogP contribution in [0.3, 0.4) is 0 Å². The normalized spacial score (nSPS) is 12.2. The molecule has 0 bridgehead atoms. The summed E-state index contributed by atoms with van der Waals surface area (Å²) in [5.41, 5.74) is 1.19. The van der Waals surface area contributed by atoms with Gasteiger partial charge in [0.2, 0.25) is 0 Å². The van der Waals surface area contributed by atoms with E-state index in [9.17, 15) is 5.11 Å². The maximum absolute atomic E-state index is 9.27. The quantitative estimate of drug-likeness (QED) is 0.620. The second-order valence-corrected chi connectivity index (χ2v) is 4.53. The van der Waals surface area contributed by atoms with Gasteiger partial charge in [-0.25, -0.2) is 0 Å². The minimum Gasteiger partial charge on any atom is -0.394 e. The van der Waals surface area contributed by atoms with Crippen LogP contribution in [-0.4, -0.2) is 34.0 Å². The van der Waals surface area contributed by atoms with Crippen molar-refractivity contribution >= 4 is 29.2 Å². The number of likely N-dealkylation sites (N-methyl/N-ethyl adjacent to an activating group) is 1. The Bertz CT molecular complexity index is 316. The lowest BCUT2D eigenvalue weighted by molar-refractivity contribution is 0.199. The van der Waals surface area contributed by atoms with Crippen LogP contribution < -0.4 is 0 Å². The molecule has 2 nitrogen and oxygen atoms in total. The van der Waals surface area contributed by atoms with E-state index in [1.165, 1.54) is 5.56 Å². The molecule has 0 aliphatic carbocycles. The van der Waals surface area contributed by atoms with Crippen molar-refractivity contribution in [3.63, 3.8) is 0 Å². The summed E-state index contributed by atoms with van der Waals surface area (Å²) in [5, 5.41) is 9.27. The average molecular weight is 241 g/mol. The van der Waals surface area contributed by atoms with Crippen molar-refractivity contribution in [3.8, 4) is 0 Å². The monoisotopic (exact) mass is 241 g/mol. The number of hydrogen-bond donors (Lipinski definition) is 2. The zero-order valence-electron chi connectivity index (χ0n) is 8.63. The molecule has 4 heteroatoms. The molecule has 0 aliphatic rings. The lowest BCUT2D eigenvalue weighted by atomic mass is 10.1. The molecular weight excluding hydrogens is 226 g/mol. The van der Waals surface area contributed by atoms with Gasteiger partial charge in [-0.1, -0.05) is 42.5 Å². The standard InChI is InChI=1S/C11H15NOS2/c1-12(11(14)15)10(8-13)7-9-5-3-2-4-6-9/h2-6,10,13H,7-8H2,1H3,(H,14,15)/t10-/m0/s1. The van der Waals surface area contributed by atoms with Gasteiger partial charge in [0.15, 0.2) is 0 Å². The zero-order valence-corrected chi connectivity index (χ0v) is 10.3. The van der Waals surface area contributed by atoms with Gasteiger partial charge in [0.1, 0.15) is 4.32 Å². The summed E-state index contributed by atoms with van der Waals surface area (Å²) in [6.07, 6.45) is 0.772. The molecule has 1 rings (SSSR count). The SMILES string of the molecule is CN(C(=S)S)[C@H](CO)Cc1ccccc1. The van der Waals surface area contributed by atoms with Crippen molar-refractivity contribution in [1.82, 2.24) is 4.90 Å². The largest absolute Gasteiger partial charge is 0.394 e. The molecule has 1 aromatic carbocycles. The predicted octanol–water partition coefficient (Wildman–Crippen LogP) is 1.74. The molecule has 0 saturated heterocycles. The predicted molar refractivity (Wildman–Crippen MR) is 70.4 cm³/mol. The van der Waals surface area contributed by atoms with Gasteiger partial charge in [-0.15, -0.1) is 12.6 Å². The minimum absolute atomic E-state index is 0.00241. The van der Waals surface area contributed by atoms with E-state index < -0.39 is 0 Å². The number of rotatable bonds is 4. The van der Waals surface area contributed by atoms with Gasteiger partial charge in [-0.05, 0) is 12.0 Å². The van der Waals surface area contributed by atoms with Crippen molar-refractivity contribution < 1.29 is 5.11 Å². The third-order valence-electron chi connectivity index (χ3n) is 2.37. The Morgan fingerprint density at radius 1 is 1.47 bits per heavy atom.